The number of rotatable bonds is 2. The third kappa shape index (κ3) is 2.64. The van der Waals surface area contributed by atoms with E-state index in [0.717, 1.165) is 28.9 Å². The SMILES string of the molecule is O=C(O)N1CCC(Nc2nc(Cl)nc3ccsc23)CC1. The molecule has 0 atom stereocenters. The molecule has 2 aromatic heterocycles. The van der Waals surface area contributed by atoms with Crippen molar-refractivity contribution in [3.05, 3.63) is 16.7 Å². The Labute approximate surface area is 124 Å². The van der Waals surface area contributed by atoms with Crippen molar-refractivity contribution in [2.75, 3.05) is 18.4 Å². The van der Waals surface area contributed by atoms with Gasteiger partial charge in [-0.05, 0) is 35.9 Å². The normalized spacial score (nSPS) is 16.6. The summed E-state index contributed by atoms with van der Waals surface area (Å²) in [4.78, 5) is 20.7. The van der Waals surface area contributed by atoms with Gasteiger partial charge in [0.25, 0.3) is 0 Å². The lowest BCUT2D eigenvalue weighted by molar-refractivity contribution is 0.134. The first kappa shape index (κ1) is 13.4. The quantitative estimate of drug-likeness (QED) is 0.834. The smallest absolute Gasteiger partial charge is 0.407 e. The van der Waals surface area contributed by atoms with Gasteiger partial charge in [0.2, 0.25) is 5.28 Å². The Hall–Kier alpha value is -1.60. The minimum Gasteiger partial charge on any atom is -0.465 e. The number of likely N-dealkylation sites (tertiary alicyclic amines) is 1. The summed E-state index contributed by atoms with van der Waals surface area (Å²) in [6, 6.07) is 2.12. The molecule has 106 valence electrons. The number of hydrogen-bond donors (Lipinski definition) is 2. The van der Waals surface area contributed by atoms with Crippen LogP contribution in [-0.2, 0) is 0 Å². The Balaban J connectivity index is 1.74. The number of piperidine rings is 1. The molecule has 20 heavy (non-hydrogen) atoms. The van der Waals surface area contributed by atoms with Crippen LogP contribution in [0.3, 0.4) is 0 Å². The topological polar surface area (TPSA) is 78.4 Å². The molecular formula is C12H13ClN4O2S. The summed E-state index contributed by atoms with van der Waals surface area (Å²) < 4.78 is 0.982. The van der Waals surface area contributed by atoms with Gasteiger partial charge >= 0.3 is 6.09 Å². The third-order valence-corrected chi connectivity index (χ3v) is 4.46. The van der Waals surface area contributed by atoms with Crippen LogP contribution in [0.25, 0.3) is 10.2 Å². The highest BCUT2D eigenvalue weighted by molar-refractivity contribution is 7.17. The molecule has 0 bridgehead atoms. The Morgan fingerprint density at radius 3 is 2.90 bits per heavy atom. The van der Waals surface area contributed by atoms with Gasteiger partial charge < -0.3 is 15.3 Å². The van der Waals surface area contributed by atoms with Gasteiger partial charge in [0.1, 0.15) is 5.82 Å². The highest BCUT2D eigenvalue weighted by Gasteiger charge is 2.23. The van der Waals surface area contributed by atoms with Crippen molar-refractivity contribution in [1.29, 1.82) is 0 Å². The van der Waals surface area contributed by atoms with Crippen molar-refractivity contribution >= 4 is 45.1 Å². The Bertz CT molecular complexity index is 639. The highest BCUT2D eigenvalue weighted by atomic mass is 35.5. The zero-order valence-electron chi connectivity index (χ0n) is 10.5. The number of anilines is 1. The molecule has 1 aliphatic heterocycles. The van der Waals surface area contributed by atoms with Crippen molar-refractivity contribution in [2.45, 2.75) is 18.9 Å². The van der Waals surface area contributed by atoms with Gasteiger partial charge in [-0.3, -0.25) is 0 Å². The molecule has 8 heteroatoms. The van der Waals surface area contributed by atoms with E-state index in [-0.39, 0.29) is 11.3 Å². The van der Waals surface area contributed by atoms with E-state index in [0.29, 0.717) is 13.1 Å². The molecule has 2 N–H and O–H groups in total. The van der Waals surface area contributed by atoms with Crippen molar-refractivity contribution in [3.63, 3.8) is 0 Å². The van der Waals surface area contributed by atoms with Gasteiger partial charge in [-0.15, -0.1) is 11.3 Å². The van der Waals surface area contributed by atoms with Crippen LogP contribution < -0.4 is 5.32 Å². The fourth-order valence-corrected chi connectivity index (χ4v) is 3.30. The molecule has 1 saturated heterocycles. The number of carboxylic acid groups (broad SMARTS) is 1. The summed E-state index contributed by atoms with van der Waals surface area (Å²) in [7, 11) is 0. The first-order valence-corrected chi connectivity index (χ1v) is 7.54. The van der Waals surface area contributed by atoms with E-state index >= 15 is 0 Å². The summed E-state index contributed by atoms with van der Waals surface area (Å²) in [5.41, 5.74) is 0.834. The molecule has 0 saturated carbocycles. The second kappa shape index (κ2) is 5.41. The van der Waals surface area contributed by atoms with Crippen LogP contribution in [0.4, 0.5) is 10.6 Å². The second-order valence-corrected chi connectivity index (χ2v) is 5.92. The van der Waals surface area contributed by atoms with E-state index in [1.54, 1.807) is 11.3 Å². The summed E-state index contributed by atoms with van der Waals surface area (Å²) >= 11 is 7.49. The molecular weight excluding hydrogens is 300 g/mol. The largest absolute Gasteiger partial charge is 0.465 e. The molecule has 6 nitrogen and oxygen atoms in total. The summed E-state index contributed by atoms with van der Waals surface area (Å²) in [5, 5.41) is 14.5. The molecule has 2 aromatic rings. The van der Waals surface area contributed by atoms with Gasteiger partial charge in [-0.25, -0.2) is 9.78 Å². The van der Waals surface area contributed by atoms with Gasteiger partial charge in [0, 0.05) is 19.1 Å². The van der Waals surface area contributed by atoms with Crippen molar-refractivity contribution in [1.82, 2.24) is 14.9 Å². The van der Waals surface area contributed by atoms with E-state index in [4.69, 9.17) is 16.7 Å². The van der Waals surface area contributed by atoms with Gasteiger partial charge in [0.15, 0.2) is 0 Å². The lowest BCUT2D eigenvalue weighted by Crippen LogP contribution is -2.41. The van der Waals surface area contributed by atoms with E-state index < -0.39 is 6.09 Å². The van der Waals surface area contributed by atoms with Crippen molar-refractivity contribution in [2.24, 2.45) is 0 Å². The maximum Gasteiger partial charge on any atom is 0.407 e. The number of nitrogens with zero attached hydrogens (tertiary/aromatic N) is 3. The summed E-state index contributed by atoms with van der Waals surface area (Å²) in [6.45, 7) is 1.08. The molecule has 1 amide bonds. The lowest BCUT2D eigenvalue weighted by atomic mass is 10.1. The van der Waals surface area contributed by atoms with E-state index in [1.165, 1.54) is 4.90 Å². The van der Waals surface area contributed by atoms with Crippen LogP contribution in [0.2, 0.25) is 5.28 Å². The predicted octanol–water partition coefficient (Wildman–Crippen LogP) is 2.90. The van der Waals surface area contributed by atoms with Crippen LogP contribution >= 0.6 is 22.9 Å². The predicted molar refractivity (Wildman–Crippen MR) is 78.7 cm³/mol. The minimum absolute atomic E-state index is 0.210. The van der Waals surface area contributed by atoms with Crippen LogP contribution in [0.15, 0.2) is 11.4 Å². The number of halogens is 1. The second-order valence-electron chi connectivity index (χ2n) is 4.66. The first-order valence-electron chi connectivity index (χ1n) is 6.28. The van der Waals surface area contributed by atoms with Gasteiger partial charge in [0.05, 0.1) is 10.2 Å². The minimum atomic E-state index is -0.853. The average Bonchev–Trinajstić information content (AvgIpc) is 2.87. The zero-order valence-corrected chi connectivity index (χ0v) is 12.1. The molecule has 3 heterocycles. The third-order valence-electron chi connectivity index (χ3n) is 3.38. The van der Waals surface area contributed by atoms with Crippen LogP contribution in [0.5, 0.6) is 0 Å². The van der Waals surface area contributed by atoms with E-state index in [2.05, 4.69) is 15.3 Å². The number of nitrogens with one attached hydrogen (secondary N) is 1. The molecule has 1 fully saturated rings. The van der Waals surface area contributed by atoms with Crippen LogP contribution in [-0.4, -0.2) is 45.2 Å². The Morgan fingerprint density at radius 2 is 2.20 bits per heavy atom. The Kier molecular flexibility index (Phi) is 3.62. The highest BCUT2D eigenvalue weighted by Crippen LogP contribution is 2.28. The van der Waals surface area contributed by atoms with Crippen molar-refractivity contribution in [3.8, 4) is 0 Å². The molecule has 3 rings (SSSR count). The molecule has 0 unspecified atom stereocenters. The first-order chi connectivity index (χ1) is 9.63. The number of hydrogen-bond acceptors (Lipinski definition) is 5. The molecule has 0 aromatic carbocycles. The number of thiophene rings is 1. The summed E-state index contributed by atoms with van der Waals surface area (Å²) in [6.07, 6.45) is 0.677. The van der Waals surface area contributed by atoms with Crippen LogP contribution in [0, 0.1) is 0 Å². The monoisotopic (exact) mass is 312 g/mol. The van der Waals surface area contributed by atoms with Gasteiger partial charge in [-0.1, -0.05) is 0 Å². The number of carbonyl (C=O) groups is 1. The van der Waals surface area contributed by atoms with E-state index in [9.17, 15) is 4.79 Å². The molecule has 0 aliphatic carbocycles. The molecule has 0 spiro atoms. The van der Waals surface area contributed by atoms with Gasteiger partial charge in [-0.2, -0.15) is 4.98 Å². The van der Waals surface area contributed by atoms with E-state index in [1.807, 2.05) is 11.4 Å². The number of amides is 1. The lowest BCUT2D eigenvalue weighted by Gasteiger charge is -2.30. The molecule has 0 radical (unpaired) electrons. The standard InChI is InChI=1S/C12H13ClN4O2S/c13-11-15-8-3-6-20-9(8)10(16-11)14-7-1-4-17(5-2-7)12(18)19/h3,6-7H,1-2,4-5H2,(H,18,19)(H,14,15,16). The maximum atomic E-state index is 10.9. The number of aromatic nitrogens is 2. The fraction of sp³-hybridized carbons (Fsp3) is 0.417. The van der Waals surface area contributed by atoms with Crippen LogP contribution in [0.1, 0.15) is 12.8 Å². The fourth-order valence-electron chi connectivity index (χ4n) is 2.34. The average molecular weight is 313 g/mol. The molecule has 1 aliphatic rings. The zero-order chi connectivity index (χ0) is 14.1. The number of fused-ring (bicyclic) bond motifs is 1. The maximum absolute atomic E-state index is 10.9. The van der Waals surface area contributed by atoms with Crippen molar-refractivity contribution < 1.29 is 9.90 Å². The Morgan fingerprint density at radius 1 is 1.45 bits per heavy atom. The summed E-state index contributed by atoms with van der Waals surface area (Å²) in [5.74, 6) is 0.740.